The smallest absolute Gasteiger partial charge is 0.261 e. The van der Waals surface area contributed by atoms with Crippen molar-refractivity contribution in [1.82, 2.24) is 10.2 Å². The van der Waals surface area contributed by atoms with Gasteiger partial charge in [-0.2, -0.15) is 0 Å². The zero-order valence-electron chi connectivity index (χ0n) is 21.2. The third-order valence-corrected chi connectivity index (χ3v) is 6.16. The van der Waals surface area contributed by atoms with Crippen LogP contribution < -0.4 is 10.1 Å². The molecule has 3 rings (SSSR count). The van der Waals surface area contributed by atoms with Gasteiger partial charge in [0.05, 0.1) is 0 Å². The van der Waals surface area contributed by atoms with E-state index in [0.29, 0.717) is 25.3 Å². The van der Waals surface area contributed by atoms with E-state index in [-0.39, 0.29) is 18.4 Å². The molecular formula is C30H36N2O3. The number of benzene rings is 3. The second-order valence-electron chi connectivity index (χ2n) is 8.99. The first-order chi connectivity index (χ1) is 16.9. The Hall–Kier alpha value is -3.60. The average Bonchev–Trinajstić information content (AvgIpc) is 2.86. The van der Waals surface area contributed by atoms with Crippen LogP contribution >= 0.6 is 0 Å². The van der Waals surface area contributed by atoms with E-state index in [9.17, 15) is 9.59 Å². The summed E-state index contributed by atoms with van der Waals surface area (Å²) in [5.41, 5.74) is 5.20. The largest absolute Gasteiger partial charge is 0.483 e. The van der Waals surface area contributed by atoms with Crippen molar-refractivity contribution in [3.8, 4) is 5.75 Å². The van der Waals surface area contributed by atoms with Crippen molar-refractivity contribution >= 4 is 11.8 Å². The lowest BCUT2D eigenvalue weighted by Gasteiger charge is -2.31. The highest BCUT2D eigenvalue weighted by Gasteiger charge is 2.30. The van der Waals surface area contributed by atoms with Crippen LogP contribution in [0.3, 0.4) is 0 Å². The van der Waals surface area contributed by atoms with Gasteiger partial charge in [0, 0.05) is 19.5 Å². The summed E-state index contributed by atoms with van der Waals surface area (Å²) in [5, 5.41) is 3.00. The molecule has 0 aliphatic heterocycles. The van der Waals surface area contributed by atoms with E-state index in [1.165, 1.54) is 0 Å². The molecule has 3 aromatic carbocycles. The van der Waals surface area contributed by atoms with Gasteiger partial charge in [0.25, 0.3) is 5.91 Å². The van der Waals surface area contributed by atoms with Gasteiger partial charge in [0.15, 0.2) is 6.61 Å². The number of rotatable bonds is 11. The van der Waals surface area contributed by atoms with Gasteiger partial charge in [-0.1, -0.05) is 79.2 Å². The number of amides is 2. The topological polar surface area (TPSA) is 58.6 Å². The molecule has 0 saturated heterocycles. The van der Waals surface area contributed by atoms with E-state index in [0.717, 1.165) is 34.2 Å². The van der Waals surface area contributed by atoms with Crippen molar-refractivity contribution in [1.29, 1.82) is 0 Å². The van der Waals surface area contributed by atoms with E-state index in [1.807, 2.05) is 94.4 Å². The lowest BCUT2D eigenvalue weighted by molar-refractivity contribution is -0.142. The molecule has 0 saturated carbocycles. The predicted molar refractivity (Wildman–Crippen MR) is 140 cm³/mol. The summed E-state index contributed by atoms with van der Waals surface area (Å²) in [5.74, 6) is 0.312. The average molecular weight is 473 g/mol. The Labute approximate surface area is 209 Å². The Morgan fingerprint density at radius 3 is 2.34 bits per heavy atom. The molecule has 5 heteroatoms. The van der Waals surface area contributed by atoms with Gasteiger partial charge in [0.1, 0.15) is 11.8 Å². The third-order valence-electron chi connectivity index (χ3n) is 6.16. The number of hydrogen-bond donors (Lipinski definition) is 1. The molecule has 2 amide bonds. The first-order valence-corrected chi connectivity index (χ1v) is 12.2. The molecule has 1 N–H and O–H groups in total. The summed E-state index contributed by atoms with van der Waals surface area (Å²) in [6.07, 6.45) is 1.25. The molecule has 5 nitrogen and oxygen atoms in total. The van der Waals surface area contributed by atoms with Gasteiger partial charge in [-0.15, -0.1) is 0 Å². The fourth-order valence-electron chi connectivity index (χ4n) is 4.03. The molecule has 0 aromatic heterocycles. The minimum absolute atomic E-state index is 0.136. The fraction of sp³-hybridized carbons (Fsp3) is 0.333. The van der Waals surface area contributed by atoms with Gasteiger partial charge in [-0.3, -0.25) is 9.59 Å². The minimum Gasteiger partial charge on any atom is -0.483 e. The maximum Gasteiger partial charge on any atom is 0.261 e. The second kappa shape index (κ2) is 12.7. The molecule has 0 heterocycles. The molecule has 0 radical (unpaired) electrons. The van der Waals surface area contributed by atoms with Gasteiger partial charge >= 0.3 is 0 Å². The monoisotopic (exact) mass is 472 g/mol. The Kier molecular flexibility index (Phi) is 9.47. The summed E-state index contributed by atoms with van der Waals surface area (Å²) in [6, 6.07) is 23.0. The van der Waals surface area contributed by atoms with E-state index < -0.39 is 6.04 Å². The second-order valence-corrected chi connectivity index (χ2v) is 8.99. The van der Waals surface area contributed by atoms with Crippen molar-refractivity contribution in [2.24, 2.45) is 0 Å². The van der Waals surface area contributed by atoms with Crippen LogP contribution in [0.2, 0.25) is 0 Å². The SMILES string of the molecule is CCCNC(=O)[C@H](Cc1ccccc1)N(Cc1cccc(C)c1)C(=O)COc1cccc(C)c1C. The quantitative estimate of drug-likeness (QED) is 0.420. The number of carbonyl (C=O) groups excluding carboxylic acids is 2. The molecule has 0 aliphatic carbocycles. The van der Waals surface area contributed by atoms with Crippen LogP contribution in [0.15, 0.2) is 72.8 Å². The first kappa shape index (κ1) is 26.0. The third kappa shape index (κ3) is 7.44. The number of ether oxygens (including phenoxy) is 1. The van der Waals surface area contributed by atoms with Gasteiger partial charge in [0.2, 0.25) is 5.91 Å². The molecule has 0 bridgehead atoms. The van der Waals surface area contributed by atoms with Crippen LogP contribution in [0.25, 0.3) is 0 Å². The van der Waals surface area contributed by atoms with Crippen molar-refractivity contribution in [3.05, 3.63) is 101 Å². The molecular weight excluding hydrogens is 436 g/mol. The zero-order chi connectivity index (χ0) is 25.2. The highest BCUT2D eigenvalue weighted by atomic mass is 16.5. The number of aryl methyl sites for hydroxylation is 2. The Balaban J connectivity index is 1.91. The van der Waals surface area contributed by atoms with Gasteiger partial charge in [-0.05, 0) is 55.5 Å². The maximum absolute atomic E-state index is 13.6. The number of nitrogens with zero attached hydrogens (tertiary/aromatic N) is 1. The molecule has 0 unspecified atom stereocenters. The molecule has 184 valence electrons. The van der Waals surface area contributed by atoms with Crippen molar-refractivity contribution < 1.29 is 14.3 Å². The van der Waals surface area contributed by atoms with Crippen LogP contribution in [0.4, 0.5) is 0 Å². The molecule has 35 heavy (non-hydrogen) atoms. The van der Waals surface area contributed by atoms with E-state index in [2.05, 4.69) is 11.4 Å². The Morgan fingerprint density at radius 2 is 1.63 bits per heavy atom. The molecule has 1 atom stereocenters. The van der Waals surface area contributed by atoms with E-state index in [4.69, 9.17) is 4.74 Å². The summed E-state index contributed by atoms with van der Waals surface area (Å²) >= 11 is 0. The molecule has 0 fully saturated rings. The summed E-state index contributed by atoms with van der Waals surface area (Å²) in [7, 11) is 0. The summed E-state index contributed by atoms with van der Waals surface area (Å²) in [6.45, 7) is 8.79. The van der Waals surface area contributed by atoms with Crippen LogP contribution in [-0.2, 0) is 22.6 Å². The number of carbonyl (C=O) groups is 2. The summed E-state index contributed by atoms with van der Waals surface area (Å²) in [4.78, 5) is 28.6. The first-order valence-electron chi connectivity index (χ1n) is 12.2. The zero-order valence-corrected chi connectivity index (χ0v) is 21.2. The Bertz CT molecular complexity index is 1130. The summed E-state index contributed by atoms with van der Waals surface area (Å²) < 4.78 is 5.96. The van der Waals surface area contributed by atoms with Gasteiger partial charge in [-0.25, -0.2) is 0 Å². The number of nitrogens with one attached hydrogen (secondary N) is 1. The van der Waals surface area contributed by atoms with Crippen molar-refractivity contribution in [3.63, 3.8) is 0 Å². The predicted octanol–water partition coefficient (Wildman–Crippen LogP) is 5.16. The highest BCUT2D eigenvalue weighted by molar-refractivity contribution is 5.88. The lowest BCUT2D eigenvalue weighted by Crippen LogP contribution is -2.51. The molecule has 0 spiro atoms. The molecule has 0 aliphatic rings. The minimum atomic E-state index is -0.654. The van der Waals surface area contributed by atoms with E-state index in [1.54, 1.807) is 4.90 Å². The van der Waals surface area contributed by atoms with Crippen LogP contribution in [-0.4, -0.2) is 35.9 Å². The fourth-order valence-corrected chi connectivity index (χ4v) is 4.03. The lowest BCUT2D eigenvalue weighted by atomic mass is 10.0. The standard InChI is InChI=1S/C30H36N2O3/c1-5-17-31-30(34)27(19-25-13-7-6-8-14-25)32(20-26-15-9-11-22(2)18-26)29(33)21-35-28-16-10-12-23(3)24(28)4/h6-16,18,27H,5,17,19-21H2,1-4H3,(H,31,34)/t27-/m0/s1. The number of hydrogen-bond acceptors (Lipinski definition) is 3. The molecule has 3 aromatic rings. The van der Waals surface area contributed by atoms with Crippen LogP contribution in [0.5, 0.6) is 5.75 Å². The normalized spacial score (nSPS) is 11.5. The maximum atomic E-state index is 13.6. The Morgan fingerprint density at radius 1 is 0.914 bits per heavy atom. The van der Waals surface area contributed by atoms with Gasteiger partial charge < -0.3 is 15.0 Å². The van der Waals surface area contributed by atoms with Crippen LogP contribution in [0.1, 0.15) is 41.2 Å². The van der Waals surface area contributed by atoms with Crippen molar-refractivity contribution in [2.75, 3.05) is 13.2 Å². The van der Waals surface area contributed by atoms with Crippen LogP contribution in [0, 0.1) is 20.8 Å². The highest BCUT2D eigenvalue weighted by Crippen LogP contribution is 2.21. The van der Waals surface area contributed by atoms with E-state index >= 15 is 0 Å². The van der Waals surface area contributed by atoms with Crippen molar-refractivity contribution in [2.45, 2.75) is 53.1 Å².